The number of nitrogen functional groups attached to an aromatic ring is 1. The van der Waals surface area contributed by atoms with Crippen LogP contribution in [0.2, 0.25) is 0 Å². The van der Waals surface area contributed by atoms with E-state index in [2.05, 4.69) is 19.9 Å². The lowest BCUT2D eigenvalue weighted by Crippen LogP contribution is -2.23. The summed E-state index contributed by atoms with van der Waals surface area (Å²) < 4.78 is 54.2. The number of carbonyl (C=O) groups excluding carboxylic acids is 1. The van der Waals surface area contributed by atoms with Crippen molar-refractivity contribution < 1.29 is 21.6 Å². The number of aromatic nitrogens is 4. The third-order valence-corrected chi connectivity index (χ3v) is 7.68. The first-order valence-electron chi connectivity index (χ1n) is 9.89. The molecule has 2 aromatic heterocycles. The number of benzene rings is 2. The lowest BCUT2D eigenvalue weighted by Gasteiger charge is -2.08. The second-order valence-electron chi connectivity index (χ2n) is 7.32. The van der Waals surface area contributed by atoms with Crippen molar-refractivity contribution in [3.05, 3.63) is 95.8 Å². The number of aromatic amines is 1. The Morgan fingerprint density at radius 3 is 2.12 bits per heavy atom. The molecule has 0 bridgehead atoms. The van der Waals surface area contributed by atoms with Gasteiger partial charge in [-0.15, -0.1) is 10.2 Å². The van der Waals surface area contributed by atoms with Gasteiger partial charge in [-0.3, -0.25) is 9.52 Å². The first-order valence-corrected chi connectivity index (χ1v) is 13.2. The average molecular weight is 501 g/mol. The van der Waals surface area contributed by atoms with Crippen molar-refractivity contribution in [3.8, 4) is 0 Å². The maximum atomic E-state index is 13.1. The van der Waals surface area contributed by atoms with E-state index in [1.807, 2.05) is 0 Å². The van der Waals surface area contributed by atoms with E-state index in [1.54, 1.807) is 60.7 Å². The van der Waals surface area contributed by atoms with Crippen LogP contribution in [0.25, 0.3) is 0 Å². The van der Waals surface area contributed by atoms with Gasteiger partial charge < -0.3 is 10.8 Å². The Balaban J connectivity index is 1.54. The number of sulfone groups is 1. The fourth-order valence-electron chi connectivity index (χ4n) is 3.23. The highest BCUT2D eigenvalue weighted by atomic mass is 32.2. The number of H-pyrrole nitrogens is 1. The van der Waals surface area contributed by atoms with E-state index in [0.717, 1.165) is 4.68 Å². The fourth-order valence-corrected chi connectivity index (χ4v) is 5.76. The summed E-state index contributed by atoms with van der Waals surface area (Å²) in [6.07, 6.45) is 2.51. The van der Waals surface area contributed by atoms with Gasteiger partial charge in [-0.25, -0.2) is 21.5 Å². The molecule has 0 amide bonds. The van der Waals surface area contributed by atoms with E-state index in [0.29, 0.717) is 11.3 Å². The zero-order chi connectivity index (χ0) is 24.3. The molecule has 11 nitrogen and oxygen atoms in total. The summed E-state index contributed by atoms with van der Waals surface area (Å²) >= 11 is 0. The number of ketones is 1. The van der Waals surface area contributed by atoms with Gasteiger partial charge in [-0.05, 0) is 12.1 Å². The minimum absolute atomic E-state index is 0.0239. The van der Waals surface area contributed by atoms with Crippen molar-refractivity contribution in [2.45, 2.75) is 16.4 Å². The van der Waals surface area contributed by atoms with Crippen molar-refractivity contribution in [1.29, 1.82) is 0 Å². The predicted molar refractivity (Wildman–Crippen MR) is 124 cm³/mol. The van der Waals surface area contributed by atoms with Gasteiger partial charge in [0.05, 0.1) is 10.5 Å². The van der Waals surface area contributed by atoms with Crippen molar-refractivity contribution in [1.82, 2.24) is 19.9 Å². The highest BCUT2D eigenvalue weighted by Gasteiger charge is 2.28. The van der Waals surface area contributed by atoms with Crippen LogP contribution in [0.15, 0.2) is 78.0 Å². The number of nitrogens with one attached hydrogen (secondary N) is 2. The molecule has 4 rings (SSSR count). The lowest BCUT2D eigenvalue weighted by atomic mass is 10.1. The van der Waals surface area contributed by atoms with Gasteiger partial charge in [0.25, 0.3) is 0 Å². The zero-order valence-electron chi connectivity index (χ0n) is 17.6. The average Bonchev–Trinajstić information content (AvgIpc) is 3.43. The summed E-state index contributed by atoms with van der Waals surface area (Å²) in [5, 5.41) is 7.50. The summed E-state index contributed by atoms with van der Waals surface area (Å²) in [5.41, 5.74) is 0.666. The van der Waals surface area contributed by atoms with Crippen molar-refractivity contribution >= 4 is 31.3 Å². The Kier molecular flexibility index (Phi) is 6.22. The molecule has 0 saturated carbocycles. The van der Waals surface area contributed by atoms with Gasteiger partial charge in [0, 0.05) is 23.6 Å². The molecular weight excluding hydrogens is 480 g/mol. The Morgan fingerprint density at radius 1 is 0.882 bits per heavy atom. The molecule has 13 heteroatoms. The number of nitrogens with zero attached hydrogens (tertiary/aromatic N) is 3. The lowest BCUT2D eigenvalue weighted by molar-refractivity contribution is 0.103. The van der Waals surface area contributed by atoms with Crippen LogP contribution < -0.4 is 10.6 Å². The van der Waals surface area contributed by atoms with Gasteiger partial charge in [-0.2, -0.15) is 0 Å². The van der Waals surface area contributed by atoms with Crippen LogP contribution in [-0.2, 0) is 31.4 Å². The van der Waals surface area contributed by atoms with E-state index in [-0.39, 0.29) is 22.1 Å². The van der Waals surface area contributed by atoms with Gasteiger partial charge in [0.1, 0.15) is 11.5 Å². The number of nitrogens with two attached hydrogens (primary N) is 1. The number of hydrogen-bond acceptors (Lipinski definition) is 8. The molecular formula is C21H20N6O5S2. The van der Waals surface area contributed by atoms with Crippen molar-refractivity contribution in [3.63, 3.8) is 0 Å². The highest BCUT2D eigenvalue weighted by molar-refractivity contribution is 7.92. The monoisotopic (exact) mass is 500 g/mol. The molecule has 2 heterocycles. The first-order chi connectivity index (χ1) is 16.2. The quantitative estimate of drug-likeness (QED) is 0.229. The zero-order valence-corrected chi connectivity index (χ0v) is 19.3. The van der Waals surface area contributed by atoms with Gasteiger partial charge in [0.2, 0.25) is 10.0 Å². The van der Waals surface area contributed by atoms with Crippen molar-refractivity contribution in [2.24, 2.45) is 0 Å². The molecule has 176 valence electrons. The number of carbonyl (C=O) groups is 1. The second kappa shape index (κ2) is 9.11. The number of anilines is 1. The minimum atomic E-state index is -4.08. The Labute approximate surface area is 195 Å². The number of rotatable bonds is 9. The number of para-hydroxylation sites is 1. The molecule has 0 saturated heterocycles. The van der Waals surface area contributed by atoms with Crippen LogP contribution in [0.5, 0.6) is 0 Å². The maximum absolute atomic E-state index is 13.1. The molecule has 0 fully saturated rings. The maximum Gasteiger partial charge on any atom is 0.240 e. The smallest absolute Gasteiger partial charge is 0.240 e. The highest BCUT2D eigenvalue weighted by Crippen LogP contribution is 2.23. The largest absolute Gasteiger partial charge is 0.366 e. The first kappa shape index (κ1) is 23.2. The summed E-state index contributed by atoms with van der Waals surface area (Å²) in [4.78, 5) is 15.2. The van der Waals surface area contributed by atoms with E-state index >= 15 is 0 Å². The summed E-state index contributed by atoms with van der Waals surface area (Å²) in [5.74, 6) is 3.82. The number of sulfonamides is 1. The molecule has 0 aliphatic carbocycles. The van der Waals surface area contributed by atoms with Crippen LogP contribution >= 0.6 is 0 Å². The normalized spacial score (nSPS) is 11.9. The van der Waals surface area contributed by atoms with Crippen LogP contribution in [0.3, 0.4) is 0 Å². The van der Waals surface area contributed by atoms with E-state index < -0.39 is 37.1 Å². The third kappa shape index (κ3) is 5.00. The van der Waals surface area contributed by atoms with E-state index in [4.69, 9.17) is 5.84 Å². The standard InChI is InChI=1S/C21H20N6O5S2/c22-27-19(24-25-20(27)14-34(31,32)26-16-9-5-2-6-10-16)13-33(29,30)18-12-23-11-17(18)21(28)15-7-3-1-4-8-15/h1-12,23,26H,13-14,22H2. The Bertz CT molecular complexity index is 1530. The second-order valence-corrected chi connectivity index (χ2v) is 11.0. The Morgan fingerprint density at radius 2 is 1.47 bits per heavy atom. The molecule has 4 N–H and O–H groups in total. The number of hydrogen-bond donors (Lipinski definition) is 3. The van der Waals surface area contributed by atoms with Gasteiger partial charge >= 0.3 is 0 Å². The molecule has 0 radical (unpaired) electrons. The third-order valence-electron chi connectivity index (χ3n) is 4.85. The van der Waals surface area contributed by atoms with E-state index in [9.17, 15) is 21.6 Å². The molecule has 2 aromatic carbocycles. The van der Waals surface area contributed by atoms with Gasteiger partial charge in [-0.1, -0.05) is 48.5 Å². The minimum Gasteiger partial charge on any atom is -0.366 e. The van der Waals surface area contributed by atoms with E-state index in [1.165, 1.54) is 12.4 Å². The Hall–Kier alpha value is -3.97. The SMILES string of the molecule is Nn1c(CS(=O)(=O)Nc2ccccc2)nnc1CS(=O)(=O)c1c[nH]cc1C(=O)c1ccccc1. The molecule has 4 aromatic rings. The molecule has 0 aliphatic heterocycles. The molecule has 0 unspecified atom stereocenters. The summed E-state index contributed by atoms with van der Waals surface area (Å²) in [7, 11) is -7.96. The van der Waals surface area contributed by atoms with Crippen LogP contribution in [0, 0.1) is 0 Å². The molecule has 0 spiro atoms. The van der Waals surface area contributed by atoms with Gasteiger partial charge in [0.15, 0.2) is 27.3 Å². The molecule has 34 heavy (non-hydrogen) atoms. The van der Waals surface area contributed by atoms with Crippen LogP contribution in [-0.4, -0.2) is 42.5 Å². The molecule has 0 atom stereocenters. The van der Waals surface area contributed by atoms with Crippen LogP contribution in [0.4, 0.5) is 5.69 Å². The van der Waals surface area contributed by atoms with Crippen LogP contribution in [0.1, 0.15) is 27.6 Å². The summed E-state index contributed by atoms with van der Waals surface area (Å²) in [6.45, 7) is 0. The summed E-state index contributed by atoms with van der Waals surface area (Å²) in [6, 6.07) is 16.5. The topological polar surface area (TPSA) is 170 Å². The molecule has 0 aliphatic rings. The van der Waals surface area contributed by atoms with Crippen molar-refractivity contribution in [2.75, 3.05) is 10.6 Å². The fraction of sp³-hybridized carbons (Fsp3) is 0.0952. The predicted octanol–water partition coefficient (Wildman–Crippen LogP) is 1.47.